The Labute approximate surface area is 138 Å². The molecule has 1 unspecified atom stereocenters. The van der Waals surface area contributed by atoms with Gasteiger partial charge >= 0.3 is 0 Å². The van der Waals surface area contributed by atoms with Crippen LogP contribution >= 0.6 is 12.4 Å². The minimum absolute atomic E-state index is 0. The molecule has 0 radical (unpaired) electrons. The third-order valence-electron chi connectivity index (χ3n) is 3.13. The van der Waals surface area contributed by atoms with E-state index in [1.54, 1.807) is 24.3 Å². The number of amides is 1. The lowest BCUT2D eigenvalue weighted by Gasteiger charge is -2.18. The molecule has 0 aliphatic rings. The summed E-state index contributed by atoms with van der Waals surface area (Å²) < 4.78 is 5.54. The van der Waals surface area contributed by atoms with Gasteiger partial charge in [-0.05, 0) is 37.5 Å². The van der Waals surface area contributed by atoms with Gasteiger partial charge < -0.3 is 20.9 Å². The van der Waals surface area contributed by atoms with Gasteiger partial charge in [0.2, 0.25) is 5.91 Å². The van der Waals surface area contributed by atoms with Crippen LogP contribution in [0.25, 0.3) is 0 Å². The summed E-state index contributed by atoms with van der Waals surface area (Å²) in [7, 11) is 0. The molecule has 1 rings (SSSR count). The molecular weight excluding hydrogens is 304 g/mol. The SMILES string of the molecule is CC(C)Oc1ccc(C(O)CNC(=O)[C@@H](N)C(C)C)cc1.Cl. The van der Waals surface area contributed by atoms with Gasteiger partial charge in [-0.15, -0.1) is 12.4 Å². The molecule has 1 amide bonds. The van der Waals surface area contributed by atoms with Crippen molar-refractivity contribution in [3.05, 3.63) is 29.8 Å². The zero-order valence-electron chi connectivity index (χ0n) is 13.6. The molecule has 6 heteroatoms. The Kier molecular flexibility index (Phi) is 9.09. The molecular formula is C16H27ClN2O3. The Hall–Kier alpha value is -1.30. The van der Waals surface area contributed by atoms with Crippen molar-refractivity contribution in [1.29, 1.82) is 0 Å². The molecule has 0 aliphatic heterocycles. The monoisotopic (exact) mass is 330 g/mol. The topological polar surface area (TPSA) is 84.6 Å². The second-order valence-electron chi connectivity index (χ2n) is 5.77. The van der Waals surface area contributed by atoms with Crippen LogP contribution in [0.2, 0.25) is 0 Å². The number of nitrogens with two attached hydrogens (primary N) is 1. The highest BCUT2D eigenvalue weighted by Gasteiger charge is 2.18. The van der Waals surface area contributed by atoms with E-state index in [0.29, 0.717) is 0 Å². The Bertz CT molecular complexity index is 449. The molecule has 1 aromatic rings. The number of carbonyl (C=O) groups excluding carboxylic acids is 1. The third kappa shape index (κ3) is 6.64. The number of benzene rings is 1. The van der Waals surface area contributed by atoms with Gasteiger partial charge in [-0.3, -0.25) is 4.79 Å². The van der Waals surface area contributed by atoms with Crippen LogP contribution in [0.4, 0.5) is 0 Å². The summed E-state index contributed by atoms with van der Waals surface area (Å²) in [6, 6.07) is 6.63. The molecule has 22 heavy (non-hydrogen) atoms. The number of nitrogens with one attached hydrogen (secondary N) is 1. The molecule has 0 saturated heterocycles. The summed E-state index contributed by atoms with van der Waals surface area (Å²) in [5.41, 5.74) is 6.47. The fourth-order valence-electron chi connectivity index (χ4n) is 1.78. The summed E-state index contributed by atoms with van der Waals surface area (Å²) in [6.07, 6.45) is -0.654. The van der Waals surface area contributed by atoms with Gasteiger partial charge in [0, 0.05) is 6.54 Å². The van der Waals surface area contributed by atoms with E-state index in [1.807, 2.05) is 27.7 Å². The number of rotatable bonds is 7. The van der Waals surface area contributed by atoms with Crippen molar-refractivity contribution in [3.8, 4) is 5.75 Å². The number of aliphatic hydroxyl groups excluding tert-OH is 1. The average molecular weight is 331 g/mol. The zero-order chi connectivity index (χ0) is 16.0. The van der Waals surface area contributed by atoms with E-state index in [2.05, 4.69) is 5.32 Å². The van der Waals surface area contributed by atoms with Crippen molar-refractivity contribution in [1.82, 2.24) is 5.32 Å². The van der Waals surface area contributed by atoms with Crippen LogP contribution in [-0.4, -0.2) is 29.7 Å². The Morgan fingerprint density at radius 1 is 1.23 bits per heavy atom. The van der Waals surface area contributed by atoms with Crippen molar-refractivity contribution in [2.24, 2.45) is 11.7 Å². The Morgan fingerprint density at radius 3 is 2.23 bits per heavy atom. The highest BCUT2D eigenvalue weighted by Crippen LogP contribution is 2.18. The largest absolute Gasteiger partial charge is 0.491 e. The molecule has 0 aromatic heterocycles. The van der Waals surface area contributed by atoms with Crippen LogP contribution in [0.3, 0.4) is 0 Å². The number of hydrogen-bond acceptors (Lipinski definition) is 4. The van der Waals surface area contributed by atoms with Gasteiger partial charge in [0.25, 0.3) is 0 Å². The molecule has 0 heterocycles. The van der Waals surface area contributed by atoms with E-state index in [1.165, 1.54) is 0 Å². The lowest BCUT2D eigenvalue weighted by atomic mass is 10.0. The van der Waals surface area contributed by atoms with Crippen molar-refractivity contribution in [3.63, 3.8) is 0 Å². The quantitative estimate of drug-likeness (QED) is 0.714. The van der Waals surface area contributed by atoms with Crippen molar-refractivity contribution in [2.75, 3.05) is 6.54 Å². The number of ether oxygens (including phenoxy) is 1. The van der Waals surface area contributed by atoms with Gasteiger partial charge in [-0.1, -0.05) is 26.0 Å². The minimum atomic E-state index is -0.763. The molecule has 0 bridgehead atoms. The van der Waals surface area contributed by atoms with Gasteiger partial charge in [-0.2, -0.15) is 0 Å². The first kappa shape index (κ1) is 20.7. The smallest absolute Gasteiger partial charge is 0.237 e. The minimum Gasteiger partial charge on any atom is -0.491 e. The lowest BCUT2D eigenvalue weighted by molar-refractivity contribution is -0.123. The number of hydrogen-bond donors (Lipinski definition) is 3. The predicted octanol–water partition coefficient (Wildman–Crippen LogP) is 2.03. The normalized spacial score (nSPS) is 13.5. The average Bonchev–Trinajstić information content (AvgIpc) is 2.43. The molecule has 0 saturated carbocycles. The van der Waals surface area contributed by atoms with Crippen LogP contribution in [0.15, 0.2) is 24.3 Å². The maximum atomic E-state index is 11.7. The van der Waals surface area contributed by atoms with Gasteiger partial charge in [-0.25, -0.2) is 0 Å². The van der Waals surface area contributed by atoms with E-state index >= 15 is 0 Å². The molecule has 0 spiro atoms. The van der Waals surface area contributed by atoms with Crippen LogP contribution in [0, 0.1) is 5.92 Å². The summed E-state index contributed by atoms with van der Waals surface area (Å²) >= 11 is 0. The van der Waals surface area contributed by atoms with E-state index in [4.69, 9.17) is 10.5 Å². The zero-order valence-corrected chi connectivity index (χ0v) is 14.4. The van der Waals surface area contributed by atoms with E-state index < -0.39 is 12.1 Å². The number of carbonyl (C=O) groups is 1. The first-order chi connectivity index (χ1) is 9.81. The maximum absolute atomic E-state index is 11.7. The fraction of sp³-hybridized carbons (Fsp3) is 0.562. The van der Waals surface area contributed by atoms with Crippen LogP contribution in [0.1, 0.15) is 39.4 Å². The highest BCUT2D eigenvalue weighted by atomic mass is 35.5. The summed E-state index contributed by atoms with van der Waals surface area (Å²) in [5.74, 6) is 0.574. The fourth-order valence-corrected chi connectivity index (χ4v) is 1.78. The second-order valence-corrected chi connectivity index (χ2v) is 5.77. The molecule has 0 aliphatic carbocycles. The summed E-state index contributed by atoms with van der Waals surface area (Å²) in [4.78, 5) is 11.7. The summed E-state index contributed by atoms with van der Waals surface area (Å²) in [5, 5.41) is 12.7. The van der Waals surface area contributed by atoms with E-state index in [-0.39, 0.29) is 36.9 Å². The Balaban J connectivity index is 0.00000441. The lowest BCUT2D eigenvalue weighted by Crippen LogP contribution is -2.45. The molecule has 0 fully saturated rings. The maximum Gasteiger partial charge on any atom is 0.237 e. The highest BCUT2D eigenvalue weighted by molar-refractivity contribution is 5.85. The number of aliphatic hydroxyl groups is 1. The predicted molar refractivity (Wildman–Crippen MR) is 90.2 cm³/mol. The number of halogens is 1. The summed E-state index contributed by atoms with van der Waals surface area (Å²) in [6.45, 7) is 7.82. The molecule has 2 atom stereocenters. The first-order valence-corrected chi connectivity index (χ1v) is 7.29. The van der Waals surface area contributed by atoms with Crippen molar-refractivity contribution < 1.29 is 14.6 Å². The molecule has 1 aromatic carbocycles. The van der Waals surface area contributed by atoms with Gasteiger partial charge in [0.15, 0.2) is 0 Å². The van der Waals surface area contributed by atoms with Gasteiger partial charge in [0.1, 0.15) is 5.75 Å². The van der Waals surface area contributed by atoms with E-state index in [0.717, 1.165) is 11.3 Å². The molecule has 4 N–H and O–H groups in total. The molecule has 126 valence electrons. The van der Waals surface area contributed by atoms with Crippen LogP contribution in [0.5, 0.6) is 5.75 Å². The van der Waals surface area contributed by atoms with Crippen molar-refractivity contribution >= 4 is 18.3 Å². The first-order valence-electron chi connectivity index (χ1n) is 7.29. The third-order valence-corrected chi connectivity index (χ3v) is 3.13. The van der Waals surface area contributed by atoms with Crippen molar-refractivity contribution in [2.45, 2.75) is 45.9 Å². The Morgan fingerprint density at radius 2 is 1.77 bits per heavy atom. The van der Waals surface area contributed by atoms with Gasteiger partial charge in [0.05, 0.1) is 18.2 Å². The van der Waals surface area contributed by atoms with Crippen LogP contribution < -0.4 is 15.8 Å². The molecule has 5 nitrogen and oxygen atoms in total. The van der Waals surface area contributed by atoms with E-state index in [9.17, 15) is 9.90 Å². The second kappa shape index (κ2) is 9.66. The van der Waals surface area contributed by atoms with Crippen LogP contribution in [-0.2, 0) is 4.79 Å². The standard InChI is InChI=1S/C16H26N2O3.ClH/c1-10(2)15(17)16(20)18-9-14(19)12-5-7-13(8-6-12)21-11(3)4;/h5-8,10-11,14-15,19H,9,17H2,1-4H3,(H,18,20);1H/t14?,15-;/m0./s1.